The number of nitrogens with one attached hydrogen (secondary N) is 1. The summed E-state index contributed by atoms with van der Waals surface area (Å²) in [4.78, 5) is 38.6. The van der Waals surface area contributed by atoms with E-state index in [9.17, 15) is 14.4 Å². The Morgan fingerprint density at radius 3 is 2.74 bits per heavy atom. The second-order valence-electron chi connectivity index (χ2n) is 7.08. The highest BCUT2D eigenvalue weighted by Crippen LogP contribution is 2.28. The van der Waals surface area contributed by atoms with E-state index in [1.807, 2.05) is 24.3 Å². The summed E-state index contributed by atoms with van der Waals surface area (Å²) in [5, 5.41) is 6.90. The number of anilines is 1. The van der Waals surface area contributed by atoms with Crippen LogP contribution in [0.3, 0.4) is 0 Å². The number of amides is 2. The Bertz CT molecular complexity index is 904. The van der Waals surface area contributed by atoms with Crippen molar-refractivity contribution in [1.82, 2.24) is 15.1 Å². The largest absolute Gasteiger partial charge is 0.354 e. The number of fused-ring (bicyclic) bond motifs is 1. The smallest absolute Gasteiger partial charge is 0.278 e. The van der Waals surface area contributed by atoms with Crippen LogP contribution in [0.4, 0.5) is 5.69 Å². The summed E-state index contributed by atoms with van der Waals surface area (Å²) >= 11 is 0. The first kappa shape index (κ1) is 18.8. The fourth-order valence-corrected chi connectivity index (χ4v) is 3.06. The molecule has 1 aliphatic rings. The Balaban J connectivity index is 1.73. The number of carbonyl (C=O) groups is 2. The van der Waals surface area contributed by atoms with E-state index in [2.05, 4.69) is 24.3 Å². The summed E-state index contributed by atoms with van der Waals surface area (Å²) < 4.78 is 1.04. The molecule has 1 N–H and O–H groups in total. The standard InChI is InChI=1S/C20H24N4O3/c1-14(2)9-11-21-18(25)13-24-19(26)8-7-16(22-24)20(27)23-12-10-15-5-3-4-6-17(15)23/h3-8,14H,9-13H2,1-2H3,(H,21,25). The number of benzene rings is 1. The van der Waals surface area contributed by atoms with Crippen molar-refractivity contribution in [2.45, 2.75) is 33.2 Å². The fourth-order valence-electron chi connectivity index (χ4n) is 3.06. The molecule has 0 saturated heterocycles. The molecular formula is C20H24N4O3. The minimum absolute atomic E-state index is 0.154. The van der Waals surface area contributed by atoms with Crippen molar-refractivity contribution >= 4 is 17.5 Å². The van der Waals surface area contributed by atoms with Gasteiger partial charge in [0.25, 0.3) is 11.5 Å². The number of para-hydroxylation sites is 1. The van der Waals surface area contributed by atoms with Crippen molar-refractivity contribution in [1.29, 1.82) is 0 Å². The predicted molar refractivity (Wildman–Crippen MR) is 103 cm³/mol. The molecule has 2 aromatic rings. The number of nitrogens with zero attached hydrogens (tertiary/aromatic N) is 3. The minimum Gasteiger partial charge on any atom is -0.354 e. The van der Waals surface area contributed by atoms with Gasteiger partial charge in [0.05, 0.1) is 0 Å². The third-order valence-electron chi connectivity index (χ3n) is 4.56. The van der Waals surface area contributed by atoms with Crippen LogP contribution in [0.25, 0.3) is 0 Å². The molecule has 0 bridgehead atoms. The SMILES string of the molecule is CC(C)CCNC(=O)Cn1nc(C(=O)N2CCc3ccccc32)ccc1=O. The molecule has 1 aromatic heterocycles. The van der Waals surface area contributed by atoms with Gasteiger partial charge in [0.1, 0.15) is 12.2 Å². The maximum absolute atomic E-state index is 12.9. The quantitative estimate of drug-likeness (QED) is 0.840. The minimum atomic E-state index is -0.410. The fraction of sp³-hybridized carbons (Fsp3) is 0.400. The zero-order chi connectivity index (χ0) is 19.4. The molecule has 2 heterocycles. The molecule has 7 nitrogen and oxygen atoms in total. The third kappa shape index (κ3) is 4.42. The molecular weight excluding hydrogens is 344 g/mol. The Labute approximate surface area is 158 Å². The van der Waals surface area contributed by atoms with Crippen LogP contribution in [0.1, 0.15) is 36.3 Å². The lowest BCUT2D eigenvalue weighted by Crippen LogP contribution is -2.36. The lowest BCUT2D eigenvalue weighted by Gasteiger charge is -2.17. The van der Waals surface area contributed by atoms with Crippen LogP contribution < -0.4 is 15.8 Å². The van der Waals surface area contributed by atoms with Crippen LogP contribution in [-0.4, -0.2) is 34.7 Å². The molecule has 1 aromatic carbocycles. The molecule has 0 unspecified atom stereocenters. The number of rotatable bonds is 6. The van der Waals surface area contributed by atoms with E-state index in [4.69, 9.17) is 0 Å². The first-order chi connectivity index (χ1) is 13.0. The molecule has 0 saturated carbocycles. The van der Waals surface area contributed by atoms with Crippen molar-refractivity contribution in [3.05, 3.63) is 58.0 Å². The molecule has 1 aliphatic heterocycles. The zero-order valence-electron chi connectivity index (χ0n) is 15.6. The Morgan fingerprint density at radius 2 is 1.96 bits per heavy atom. The van der Waals surface area contributed by atoms with Crippen molar-refractivity contribution < 1.29 is 9.59 Å². The van der Waals surface area contributed by atoms with Gasteiger partial charge in [0, 0.05) is 24.8 Å². The average Bonchev–Trinajstić information content (AvgIpc) is 3.06. The van der Waals surface area contributed by atoms with E-state index < -0.39 is 5.56 Å². The summed E-state index contributed by atoms with van der Waals surface area (Å²) in [7, 11) is 0. The molecule has 2 amide bonds. The van der Waals surface area contributed by atoms with Gasteiger partial charge in [-0.2, -0.15) is 5.10 Å². The number of aromatic nitrogens is 2. The van der Waals surface area contributed by atoms with Crippen LogP contribution >= 0.6 is 0 Å². The molecule has 0 fully saturated rings. The topological polar surface area (TPSA) is 84.3 Å². The molecule has 7 heteroatoms. The second kappa shape index (κ2) is 8.16. The van der Waals surface area contributed by atoms with Gasteiger partial charge in [-0.3, -0.25) is 14.4 Å². The van der Waals surface area contributed by atoms with Gasteiger partial charge in [-0.05, 0) is 36.5 Å². The van der Waals surface area contributed by atoms with Gasteiger partial charge in [0.2, 0.25) is 5.91 Å². The second-order valence-corrected chi connectivity index (χ2v) is 7.08. The Morgan fingerprint density at radius 1 is 1.19 bits per heavy atom. The molecule has 0 radical (unpaired) electrons. The van der Waals surface area contributed by atoms with E-state index in [1.165, 1.54) is 12.1 Å². The van der Waals surface area contributed by atoms with Crippen LogP contribution in [0.2, 0.25) is 0 Å². The van der Waals surface area contributed by atoms with Gasteiger partial charge in [-0.1, -0.05) is 32.0 Å². The number of hydrogen-bond acceptors (Lipinski definition) is 4. The van der Waals surface area contributed by atoms with E-state index in [0.29, 0.717) is 19.0 Å². The molecule has 3 rings (SSSR count). The van der Waals surface area contributed by atoms with E-state index in [1.54, 1.807) is 4.90 Å². The third-order valence-corrected chi connectivity index (χ3v) is 4.56. The maximum Gasteiger partial charge on any atom is 0.278 e. The van der Waals surface area contributed by atoms with Crippen molar-refractivity contribution in [2.75, 3.05) is 18.0 Å². The Hall–Kier alpha value is -2.96. The lowest BCUT2D eigenvalue weighted by molar-refractivity contribution is -0.121. The highest BCUT2D eigenvalue weighted by molar-refractivity contribution is 6.05. The van der Waals surface area contributed by atoms with Gasteiger partial charge >= 0.3 is 0 Å². The Kier molecular flexibility index (Phi) is 5.69. The molecule has 0 aliphatic carbocycles. The molecule has 142 valence electrons. The van der Waals surface area contributed by atoms with Crippen molar-refractivity contribution in [2.24, 2.45) is 5.92 Å². The normalized spacial score (nSPS) is 12.9. The monoisotopic (exact) mass is 368 g/mol. The first-order valence-corrected chi connectivity index (χ1v) is 9.20. The van der Waals surface area contributed by atoms with E-state index >= 15 is 0 Å². The van der Waals surface area contributed by atoms with E-state index in [-0.39, 0.29) is 24.1 Å². The summed E-state index contributed by atoms with van der Waals surface area (Å²) in [5.41, 5.74) is 1.73. The van der Waals surface area contributed by atoms with Gasteiger partial charge in [-0.25, -0.2) is 4.68 Å². The van der Waals surface area contributed by atoms with Gasteiger partial charge < -0.3 is 10.2 Å². The predicted octanol–water partition coefficient (Wildman–Crippen LogP) is 1.61. The number of carbonyl (C=O) groups excluding carboxylic acids is 2. The van der Waals surface area contributed by atoms with Crippen LogP contribution in [-0.2, 0) is 17.8 Å². The van der Waals surface area contributed by atoms with Gasteiger partial charge in [0.15, 0.2) is 0 Å². The first-order valence-electron chi connectivity index (χ1n) is 9.20. The highest BCUT2D eigenvalue weighted by Gasteiger charge is 2.26. The molecule has 0 atom stereocenters. The summed E-state index contributed by atoms with van der Waals surface area (Å²) in [5.74, 6) is -0.0780. The van der Waals surface area contributed by atoms with Crippen LogP contribution in [0.15, 0.2) is 41.2 Å². The highest BCUT2D eigenvalue weighted by atomic mass is 16.2. The van der Waals surface area contributed by atoms with E-state index in [0.717, 1.165) is 28.8 Å². The summed E-state index contributed by atoms with van der Waals surface area (Å²) in [6, 6.07) is 10.4. The van der Waals surface area contributed by atoms with Gasteiger partial charge in [-0.15, -0.1) is 0 Å². The average molecular weight is 368 g/mol. The number of hydrogen-bond donors (Lipinski definition) is 1. The lowest BCUT2D eigenvalue weighted by atomic mass is 10.1. The van der Waals surface area contributed by atoms with Crippen molar-refractivity contribution in [3.8, 4) is 0 Å². The molecule has 27 heavy (non-hydrogen) atoms. The maximum atomic E-state index is 12.9. The molecule has 0 spiro atoms. The summed E-state index contributed by atoms with van der Waals surface area (Å²) in [6.45, 7) is 5.07. The zero-order valence-corrected chi connectivity index (χ0v) is 15.6. The van der Waals surface area contributed by atoms with Crippen molar-refractivity contribution in [3.63, 3.8) is 0 Å². The summed E-state index contributed by atoms with van der Waals surface area (Å²) in [6.07, 6.45) is 1.65. The van der Waals surface area contributed by atoms with Crippen LogP contribution in [0, 0.1) is 5.92 Å². The van der Waals surface area contributed by atoms with Crippen LogP contribution in [0.5, 0.6) is 0 Å².